The summed E-state index contributed by atoms with van der Waals surface area (Å²) in [6, 6.07) is 7.17. The summed E-state index contributed by atoms with van der Waals surface area (Å²) in [5.74, 6) is -1.39. The van der Waals surface area contributed by atoms with Crippen molar-refractivity contribution >= 4 is 50.7 Å². The molecule has 0 aliphatic carbocycles. The summed E-state index contributed by atoms with van der Waals surface area (Å²) >= 11 is 7.75. The minimum atomic E-state index is -3.79. The van der Waals surface area contributed by atoms with Crippen molar-refractivity contribution in [3.8, 4) is 11.7 Å². The average Bonchev–Trinajstić information content (AvgIpc) is 3.43. The van der Waals surface area contributed by atoms with Crippen LogP contribution in [0, 0.1) is 0 Å². The van der Waals surface area contributed by atoms with Crippen molar-refractivity contribution < 1.29 is 31.5 Å². The third-order valence-electron chi connectivity index (χ3n) is 5.84. The van der Waals surface area contributed by atoms with Gasteiger partial charge in [-0.1, -0.05) is 17.7 Å². The van der Waals surface area contributed by atoms with Crippen LogP contribution in [0.3, 0.4) is 0 Å². The number of thioether (sulfide) groups is 1. The zero-order valence-electron chi connectivity index (χ0n) is 21.7. The lowest BCUT2D eigenvalue weighted by Gasteiger charge is -2.26. The van der Waals surface area contributed by atoms with Gasteiger partial charge < -0.3 is 15.4 Å². The zero-order valence-corrected chi connectivity index (χ0v) is 24.1. The van der Waals surface area contributed by atoms with E-state index in [9.17, 15) is 26.8 Å². The van der Waals surface area contributed by atoms with Crippen molar-refractivity contribution in [2.24, 2.45) is 0 Å². The fourth-order valence-electron chi connectivity index (χ4n) is 4.24. The number of nitrogens with zero attached hydrogens (tertiary/aromatic N) is 3. The Kier molecular flexibility index (Phi) is 8.71. The Labute approximate surface area is 238 Å². The third-order valence-corrected chi connectivity index (χ3v) is 8.97. The number of benzene rings is 1. The van der Waals surface area contributed by atoms with E-state index >= 15 is 0 Å². The molecule has 0 spiro atoms. The number of rotatable bonds is 10. The second kappa shape index (κ2) is 11.7. The van der Waals surface area contributed by atoms with Gasteiger partial charge in [0.05, 0.1) is 26.9 Å². The third kappa shape index (κ3) is 6.39. The van der Waals surface area contributed by atoms with Gasteiger partial charge in [0.25, 0.3) is 18.2 Å². The first-order valence-electron chi connectivity index (χ1n) is 12.0. The molecule has 0 saturated heterocycles. The summed E-state index contributed by atoms with van der Waals surface area (Å²) < 4.78 is 57.5. The number of hydrogen-bond donors (Lipinski definition) is 2. The maximum atomic E-state index is 13.6. The van der Waals surface area contributed by atoms with Crippen LogP contribution in [-0.4, -0.2) is 71.3 Å². The van der Waals surface area contributed by atoms with Crippen LogP contribution < -0.4 is 15.4 Å². The van der Waals surface area contributed by atoms with Gasteiger partial charge in [-0.3, -0.25) is 9.59 Å². The predicted octanol–water partition coefficient (Wildman–Crippen LogP) is 4.02. The molecule has 0 fully saturated rings. The summed E-state index contributed by atoms with van der Waals surface area (Å²) in [5.41, 5.74) is -0.662. The van der Waals surface area contributed by atoms with Crippen LogP contribution in [0.25, 0.3) is 5.82 Å². The van der Waals surface area contributed by atoms with Gasteiger partial charge in [-0.15, -0.1) is 5.10 Å². The van der Waals surface area contributed by atoms with E-state index in [1.807, 2.05) is 6.26 Å². The van der Waals surface area contributed by atoms with Crippen molar-refractivity contribution in [3.05, 3.63) is 58.4 Å². The number of carbonyl (C=O) groups is 2. The number of nitrogens with one attached hydrogen (secondary N) is 2. The van der Waals surface area contributed by atoms with Crippen LogP contribution in [0.5, 0.6) is 5.88 Å². The number of carbonyl (C=O) groups excluding carboxylic acids is 2. The topological polar surface area (TPSA) is 132 Å². The molecule has 3 heterocycles. The minimum Gasteiger partial charge on any atom is -0.471 e. The number of pyridine rings is 1. The Morgan fingerprint density at radius 3 is 2.67 bits per heavy atom. The largest absolute Gasteiger partial charge is 0.471 e. The quantitative estimate of drug-likeness (QED) is 0.350. The summed E-state index contributed by atoms with van der Waals surface area (Å²) in [7, 11) is -3.79. The second-order valence-corrected chi connectivity index (χ2v) is 12.9. The van der Waals surface area contributed by atoms with Crippen LogP contribution >= 0.6 is 23.4 Å². The SMILES string of the molecule is CSCC(C)(C)NC(=O)c1c(NC(=O)c2cc(OCC(F)F)nn2-c2ncccc2Cl)ccc2c1S(=O)(=O)CC2. The van der Waals surface area contributed by atoms with E-state index in [0.29, 0.717) is 11.3 Å². The number of alkyl halides is 2. The summed E-state index contributed by atoms with van der Waals surface area (Å²) in [5, 5.41) is 9.63. The highest BCUT2D eigenvalue weighted by molar-refractivity contribution is 7.98. The molecule has 0 unspecified atom stereocenters. The Bertz CT molecular complexity index is 1560. The first-order chi connectivity index (χ1) is 18.8. The molecule has 10 nitrogen and oxygen atoms in total. The molecule has 2 amide bonds. The summed E-state index contributed by atoms with van der Waals surface area (Å²) in [4.78, 5) is 31.1. The van der Waals surface area contributed by atoms with Gasteiger partial charge in [0.2, 0.25) is 5.88 Å². The minimum absolute atomic E-state index is 0.0227. The fraction of sp³-hybridized carbons (Fsp3) is 0.360. The van der Waals surface area contributed by atoms with Crippen molar-refractivity contribution in [1.82, 2.24) is 20.1 Å². The highest BCUT2D eigenvalue weighted by Gasteiger charge is 2.35. The van der Waals surface area contributed by atoms with Gasteiger partial charge in [-0.05, 0) is 50.3 Å². The summed E-state index contributed by atoms with van der Waals surface area (Å²) in [6.45, 7) is 2.63. The Morgan fingerprint density at radius 2 is 2.00 bits per heavy atom. The number of halogens is 3. The van der Waals surface area contributed by atoms with Crippen molar-refractivity contribution in [3.63, 3.8) is 0 Å². The molecule has 0 saturated carbocycles. The molecule has 1 aliphatic rings. The van der Waals surface area contributed by atoms with Crippen molar-refractivity contribution in [2.45, 2.75) is 37.1 Å². The first-order valence-corrected chi connectivity index (χ1v) is 15.4. The lowest BCUT2D eigenvalue weighted by molar-refractivity contribution is 0.0793. The van der Waals surface area contributed by atoms with Crippen LogP contribution in [0.1, 0.15) is 40.3 Å². The number of hydrogen-bond acceptors (Lipinski definition) is 8. The number of ether oxygens (including phenoxy) is 1. The highest BCUT2D eigenvalue weighted by Crippen LogP contribution is 2.35. The molecular formula is C25H26ClF2N5O5S2. The molecule has 0 radical (unpaired) electrons. The van der Waals surface area contributed by atoms with Crippen molar-refractivity contribution in [1.29, 1.82) is 0 Å². The standard InChI is InChI=1S/C25H26ClF2N5O5S2/c1-25(2,13-39-3)31-24(35)20-16(7-6-14-8-10-40(36,37)21(14)20)30-23(34)17-11-19(38-12-18(27)28)32-33(17)22-15(26)5-4-9-29-22/h4-7,9,11,18H,8,10,12-13H2,1-3H3,(H,30,34)(H,31,35). The number of aromatic nitrogens is 3. The monoisotopic (exact) mass is 613 g/mol. The molecule has 0 bridgehead atoms. The van der Waals surface area contributed by atoms with E-state index in [1.165, 1.54) is 30.1 Å². The number of anilines is 1. The van der Waals surface area contributed by atoms with Crippen LogP contribution in [0.2, 0.25) is 5.02 Å². The number of fused-ring (bicyclic) bond motifs is 1. The van der Waals surface area contributed by atoms with E-state index < -0.39 is 40.2 Å². The van der Waals surface area contributed by atoms with Gasteiger partial charge in [0.1, 0.15) is 5.69 Å². The second-order valence-electron chi connectivity index (χ2n) is 9.56. The molecule has 2 aromatic heterocycles. The van der Waals surface area contributed by atoms with E-state index in [-0.39, 0.29) is 50.7 Å². The molecule has 0 atom stereocenters. The zero-order chi connectivity index (χ0) is 29.2. The fourth-order valence-corrected chi connectivity index (χ4v) is 7.01. The van der Waals surface area contributed by atoms with Gasteiger partial charge in [0.15, 0.2) is 22.3 Å². The Hall–Kier alpha value is -3.23. The lowest BCUT2D eigenvalue weighted by Crippen LogP contribution is -2.46. The van der Waals surface area contributed by atoms with Gasteiger partial charge in [-0.25, -0.2) is 26.9 Å². The molecular weight excluding hydrogens is 588 g/mol. The normalized spacial score (nSPS) is 14.2. The van der Waals surface area contributed by atoms with Gasteiger partial charge in [-0.2, -0.15) is 11.8 Å². The molecule has 1 aliphatic heterocycles. The van der Waals surface area contributed by atoms with Crippen LogP contribution in [0.15, 0.2) is 41.4 Å². The smallest absolute Gasteiger partial charge is 0.274 e. The molecule has 1 aromatic carbocycles. The Balaban J connectivity index is 1.78. The molecule has 15 heteroatoms. The molecule has 3 aromatic rings. The molecule has 40 heavy (non-hydrogen) atoms. The Morgan fingerprint density at radius 1 is 1.25 bits per heavy atom. The highest BCUT2D eigenvalue weighted by atomic mass is 35.5. The average molecular weight is 614 g/mol. The maximum Gasteiger partial charge on any atom is 0.274 e. The van der Waals surface area contributed by atoms with E-state index in [2.05, 4.69) is 20.7 Å². The van der Waals surface area contributed by atoms with Crippen LogP contribution in [-0.2, 0) is 16.3 Å². The van der Waals surface area contributed by atoms with E-state index in [4.69, 9.17) is 16.3 Å². The van der Waals surface area contributed by atoms with Crippen LogP contribution in [0.4, 0.5) is 14.5 Å². The molecule has 4 rings (SSSR count). The lowest BCUT2D eigenvalue weighted by atomic mass is 10.0. The maximum absolute atomic E-state index is 13.6. The molecule has 214 valence electrons. The number of sulfone groups is 1. The number of aryl methyl sites for hydroxylation is 1. The van der Waals surface area contributed by atoms with Gasteiger partial charge in [0, 0.05) is 23.6 Å². The number of amides is 2. The van der Waals surface area contributed by atoms with Gasteiger partial charge >= 0.3 is 0 Å². The van der Waals surface area contributed by atoms with E-state index in [1.54, 1.807) is 26.0 Å². The molecule has 2 N–H and O–H groups in total. The predicted molar refractivity (Wildman–Crippen MR) is 148 cm³/mol. The first kappa shape index (κ1) is 29.7. The van der Waals surface area contributed by atoms with Crippen molar-refractivity contribution in [2.75, 3.05) is 29.7 Å². The van der Waals surface area contributed by atoms with E-state index in [0.717, 1.165) is 10.7 Å². The summed E-state index contributed by atoms with van der Waals surface area (Å²) in [6.07, 6.45) is 0.719.